The molecule has 2 aromatic rings. The molecule has 1 aliphatic rings. The number of thiazole rings is 1. The Bertz CT molecular complexity index is 581. The average molecular weight is 294 g/mol. The third-order valence-electron chi connectivity index (χ3n) is 3.69. The van der Waals surface area contributed by atoms with Crippen LogP contribution < -0.4 is 5.32 Å². The molecule has 0 fully saturated rings. The highest BCUT2D eigenvalue weighted by molar-refractivity contribution is 7.11. The summed E-state index contributed by atoms with van der Waals surface area (Å²) < 4.78 is 27.9. The lowest BCUT2D eigenvalue weighted by atomic mass is 10.0. The van der Waals surface area contributed by atoms with E-state index in [0.29, 0.717) is 0 Å². The van der Waals surface area contributed by atoms with Crippen molar-refractivity contribution in [3.63, 3.8) is 0 Å². The lowest BCUT2D eigenvalue weighted by Crippen LogP contribution is -2.20. The minimum Gasteiger partial charge on any atom is -0.307 e. The molecular formula is C15H16F2N2S. The van der Waals surface area contributed by atoms with Gasteiger partial charge in [0.1, 0.15) is 16.6 Å². The molecular weight excluding hydrogens is 278 g/mol. The lowest BCUT2D eigenvalue weighted by molar-refractivity contribution is 0.520. The van der Waals surface area contributed by atoms with Gasteiger partial charge in [0, 0.05) is 10.4 Å². The van der Waals surface area contributed by atoms with E-state index in [0.717, 1.165) is 30.0 Å². The fourth-order valence-corrected chi connectivity index (χ4v) is 3.95. The molecule has 2 nitrogen and oxygen atoms in total. The van der Waals surface area contributed by atoms with Crippen LogP contribution in [0.15, 0.2) is 18.2 Å². The van der Waals surface area contributed by atoms with Gasteiger partial charge in [0.05, 0.1) is 11.7 Å². The van der Waals surface area contributed by atoms with E-state index < -0.39 is 17.7 Å². The SMILES string of the molecule is CNC(c1nc2c(s1)CCCC2)c1c(F)cccc1F. The highest BCUT2D eigenvalue weighted by atomic mass is 32.1. The predicted molar refractivity (Wildman–Crippen MR) is 76.0 cm³/mol. The van der Waals surface area contributed by atoms with Gasteiger partial charge in [0.25, 0.3) is 0 Å². The van der Waals surface area contributed by atoms with Gasteiger partial charge in [-0.3, -0.25) is 0 Å². The first-order valence-corrected chi connectivity index (χ1v) is 7.62. The number of halogens is 2. The Kier molecular flexibility index (Phi) is 3.81. The summed E-state index contributed by atoms with van der Waals surface area (Å²) in [6.07, 6.45) is 4.33. The van der Waals surface area contributed by atoms with Gasteiger partial charge >= 0.3 is 0 Å². The van der Waals surface area contributed by atoms with Crippen LogP contribution in [0.3, 0.4) is 0 Å². The zero-order chi connectivity index (χ0) is 14.1. The van der Waals surface area contributed by atoms with Gasteiger partial charge in [-0.05, 0) is 44.9 Å². The zero-order valence-corrected chi connectivity index (χ0v) is 12.1. The van der Waals surface area contributed by atoms with E-state index in [1.54, 1.807) is 18.4 Å². The van der Waals surface area contributed by atoms with Gasteiger partial charge in [0.15, 0.2) is 0 Å². The van der Waals surface area contributed by atoms with Crippen molar-refractivity contribution < 1.29 is 8.78 Å². The first-order chi connectivity index (χ1) is 9.70. The van der Waals surface area contributed by atoms with Crippen LogP contribution in [0.25, 0.3) is 0 Å². The van der Waals surface area contributed by atoms with Crippen molar-refractivity contribution >= 4 is 11.3 Å². The summed E-state index contributed by atoms with van der Waals surface area (Å²) in [5.41, 5.74) is 1.16. The highest BCUT2D eigenvalue weighted by Crippen LogP contribution is 2.34. The fourth-order valence-electron chi connectivity index (χ4n) is 2.67. The van der Waals surface area contributed by atoms with Crippen LogP contribution in [0.2, 0.25) is 0 Å². The van der Waals surface area contributed by atoms with Gasteiger partial charge in [-0.25, -0.2) is 13.8 Å². The second kappa shape index (κ2) is 5.58. The van der Waals surface area contributed by atoms with E-state index in [4.69, 9.17) is 0 Å². The summed E-state index contributed by atoms with van der Waals surface area (Å²) in [5, 5.41) is 3.75. The number of hydrogen-bond acceptors (Lipinski definition) is 3. The van der Waals surface area contributed by atoms with Crippen LogP contribution in [-0.2, 0) is 12.8 Å². The van der Waals surface area contributed by atoms with Crippen molar-refractivity contribution in [2.75, 3.05) is 7.05 Å². The van der Waals surface area contributed by atoms with E-state index in [1.807, 2.05) is 0 Å². The number of rotatable bonds is 3. The van der Waals surface area contributed by atoms with Crippen molar-refractivity contribution in [1.82, 2.24) is 10.3 Å². The highest BCUT2D eigenvalue weighted by Gasteiger charge is 2.25. The molecule has 0 saturated carbocycles. The first-order valence-electron chi connectivity index (χ1n) is 6.80. The molecule has 0 amide bonds. The van der Waals surface area contributed by atoms with E-state index in [9.17, 15) is 8.78 Å². The molecule has 1 atom stereocenters. The molecule has 106 valence electrons. The second-order valence-corrected chi connectivity index (χ2v) is 6.10. The van der Waals surface area contributed by atoms with Crippen LogP contribution >= 0.6 is 11.3 Å². The van der Waals surface area contributed by atoms with Gasteiger partial charge in [-0.1, -0.05) is 6.07 Å². The van der Waals surface area contributed by atoms with E-state index in [-0.39, 0.29) is 5.56 Å². The van der Waals surface area contributed by atoms with Crippen LogP contribution in [0.4, 0.5) is 8.78 Å². The smallest absolute Gasteiger partial charge is 0.131 e. The number of benzene rings is 1. The molecule has 1 aliphatic carbocycles. The summed E-state index contributed by atoms with van der Waals surface area (Å²) in [4.78, 5) is 5.87. The zero-order valence-electron chi connectivity index (χ0n) is 11.2. The summed E-state index contributed by atoms with van der Waals surface area (Å²) in [6, 6.07) is 3.44. The minimum atomic E-state index is -0.530. The Morgan fingerprint density at radius 3 is 2.55 bits per heavy atom. The average Bonchev–Trinajstić information content (AvgIpc) is 2.86. The van der Waals surface area contributed by atoms with E-state index in [1.165, 1.54) is 29.5 Å². The third-order valence-corrected chi connectivity index (χ3v) is 4.91. The monoisotopic (exact) mass is 294 g/mol. The van der Waals surface area contributed by atoms with Gasteiger partial charge in [0.2, 0.25) is 0 Å². The molecule has 0 aliphatic heterocycles. The third kappa shape index (κ3) is 2.36. The van der Waals surface area contributed by atoms with Crippen LogP contribution in [0.5, 0.6) is 0 Å². The Labute approximate surface area is 120 Å². The lowest BCUT2D eigenvalue weighted by Gasteiger charge is -2.15. The standard InChI is InChI=1S/C15H16F2N2S/c1-18-14(13-9(16)5-4-6-10(13)17)15-19-11-7-2-3-8-12(11)20-15/h4-6,14,18H,2-3,7-8H2,1H3. The molecule has 0 spiro atoms. The van der Waals surface area contributed by atoms with Gasteiger partial charge in [-0.15, -0.1) is 11.3 Å². The molecule has 1 N–H and O–H groups in total. The summed E-state index contributed by atoms with van der Waals surface area (Å²) in [5.74, 6) is -1.06. The van der Waals surface area contributed by atoms with Crippen molar-refractivity contribution in [2.24, 2.45) is 0 Å². The topological polar surface area (TPSA) is 24.9 Å². The molecule has 0 bridgehead atoms. The number of fused-ring (bicyclic) bond motifs is 1. The molecule has 3 rings (SSSR count). The summed E-state index contributed by atoms with van der Waals surface area (Å²) >= 11 is 1.57. The Morgan fingerprint density at radius 1 is 1.20 bits per heavy atom. The summed E-state index contributed by atoms with van der Waals surface area (Å²) in [6.45, 7) is 0. The fraction of sp³-hybridized carbons (Fsp3) is 0.400. The van der Waals surface area contributed by atoms with E-state index >= 15 is 0 Å². The molecule has 1 aromatic carbocycles. The molecule has 1 aromatic heterocycles. The van der Waals surface area contributed by atoms with Crippen molar-refractivity contribution in [3.05, 3.63) is 51.0 Å². The first kappa shape index (κ1) is 13.6. The van der Waals surface area contributed by atoms with Gasteiger partial charge in [-0.2, -0.15) is 0 Å². The molecule has 1 unspecified atom stereocenters. The quantitative estimate of drug-likeness (QED) is 0.935. The second-order valence-electron chi connectivity index (χ2n) is 4.99. The van der Waals surface area contributed by atoms with E-state index in [2.05, 4.69) is 10.3 Å². The van der Waals surface area contributed by atoms with Crippen molar-refractivity contribution in [2.45, 2.75) is 31.7 Å². The molecule has 0 radical (unpaired) electrons. The Balaban J connectivity index is 2.03. The van der Waals surface area contributed by atoms with Crippen LogP contribution in [-0.4, -0.2) is 12.0 Å². The maximum absolute atomic E-state index is 14.0. The molecule has 0 saturated heterocycles. The van der Waals surface area contributed by atoms with Gasteiger partial charge < -0.3 is 5.32 Å². The maximum atomic E-state index is 14.0. The predicted octanol–water partition coefficient (Wildman–Crippen LogP) is 3.61. The minimum absolute atomic E-state index is 0.0566. The van der Waals surface area contributed by atoms with Crippen LogP contribution in [0.1, 0.15) is 40.0 Å². The maximum Gasteiger partial charge on any atom is 0.131 e. The Morgan fingerprint density at radius 2 is 1.90 bits per heavy atom. The number of aryl methyl sites for hydroxylation is 2. The Hall–Kier alpha value is -1.33. The number of aromatic nitrogens is 1. The van der Waals surface area contributed by atoms with Crippen molar-refractivity contribution in [1.29, 1.82) is 0 Å². The molecule has 20 heavy (non-hydrogen) atoms. The largest absolute Gasteiger partial charge is 0.307 e. The summed E-state index contributed by atoms with van der Waals surface area (Å²) in [7, 11) is 1.71. The normalized spacial score (nSPS) is 15.9. The number of hydrogen-bond donors (Lipinski definition) is 1. The molecule has 1 heterocycles. The number of nitrogens with one attached hydrogen (secondary N) is 1. The van der Waals surface area contributed by atoms with Crippen molar-refractivity contribution in [3.8, 4) is 0 Å². The van der Waals surface area contributed by atoms with Crippen LogP contribution in [0, 0.1) is 11.6 Å². The number of nitrogens with zero attached hydrogens (tertiary/aromatic N) is 1. The molecule has 5 heteroatoms.